The van der Waals surface area contributed by atoms with Gasteiger partial charge in [0, 0.05) is 254 Å². The highest BCUT2D eigenvalue weighted by molar-refractivity contribution is 7.89. The minimum atomic E-state index is -3.17. The number of benzene rings is 7. The second kappa shape index (κ2) is 46.2. The molecular weight excluding hydrogens is 1970 g/mol. The Morgan fingerprint density at radius 3 is 1.01 bits per heavy atom. The van der Waals surface area contributed by atoms with Gasteiger partial charge >= 0.3 is 0 Å². The Balaban J connectivity index is 0.000000126. The molecule has 0 unspecified atom stereocenters. The Morgan fingerprint density at radius 1 is 0.372 bits per heavy atom. The normalized spacial score (nSPS) is 16.1. The Morgan fingerprint density at radius 2 is 0.676 bits per heavy atom. The standard InChI is InChI=1S/C23H23FN4O2S.C22H23N5O2S.C22H26N4O2S.C21H25N5O2S.C21H24N4O3S/c1-31(29,30)28-10-6-20(7-11-28)27-23-14-19(13-17-5-9-26-15-21(17)23)16-2-3-22(24)18(12-16)4-8-25;1-30(28,29)27-8-5-19(6-9-27)25-22-12-17(11-16-4-7-23-14-20(16)22)15-2-3-21-18(10-15)13-24-26-21;1-15-10-18(11-16(2)24-15)19-12-17-4-7-23-14-21(17)22(13-19)25-20-5-8-26(9-6-20)29(3,27)28;1-2-29(27,28)26-9-5-18(6-10-26)25-20-12-17(15-4-8-24-21(22)13-15)11-16-3-7-23-14-19(16)20;1-28-21-13-15(4-8-23-21)17-11-16-3-7-22-14-19(16)20(12-17)24-18-5-9-25(10-6-18)29(2,26)27/h2-3,5,9,12-15,20,27H,4,6-7,10-11H2,1H3;2-4,7,10-14,19,25H,5-6,8-9H2,1H3,(H,24,26);4,7,10-14,20,25H,5-6,8-9H2,1-3H3;3-4,7-8,11-14,18,25H,2,5-6,9-10H2,1H3,(H2,22,24);3-4,7-8,11-14,18,24H,5-6,9-10H2,1-2H3. The molecule has 770 valence electrons. The molecule has 7 aromatic carbocycles. The number of hydrogen-bond donors (Lipinski definition) is 7. The number of nitrogen functional groups attached to an aromatic ring is 1. The number of halogens is 1. The van der Waals surface area contributed by atoms with E-state index in [1.54, 1.807) is 86.8 Å². The van der Waals surface area contributed by atoms with E-state index in [2.05, 4.69) is 149 Å². The number of ether oxygens (including phenoxy) is 1. The summed E-state index contributed by atoms with van der Waals surface area (Å²) in [7, 11) is -14.1. The van der Waals surface area contributed by atoms with Crippen molar-refractivity contribution in [3.8, 4) is 67.6 Å². The van der Waals surface area contributed by atoms with E-state index in [4.69, 9.17) is 15.7 Å². The van der Waals surface area contributed by atoms with Crippen molar-refractivity contribution in [1.29, 1.82) is 5.26 Å². The van der Waals surface area contributed by atoms with Crippen molar-refractivity contribution < 1.29 is 51.2 Å². The van der Waals surface area contributed by atoms with E-state index in [0.29, 0.717) is 95.6 Å². The van der Waals surface area contributed by atoms with Crippen molar-refractivity contribution in [3.63, 3.8) is 0 Å². The number of nitrogens with zero attached hydrogens (tertiary/aromatic N) is 15. The van der Waals surface area contributed by atoms with E-state index < -0.39 is 50.1 Å². The van der Waals surface area contributed by atoms with Crippen molar-refractivity contribution in [1.82, 2.24) is 71.6 Å². The summed E-state index contributed by atoms with van der Waals surface area (Å²) in [6, 6.07) is 57.1. The van der Waals surface area contributed by atoms with E-state index in [1.807, 2.05) is 130 Å². The third-order valence-electron chi connectivity index (χ3n) is 27.7. The van der Waals surface area contributed by atoms with Gasteiger partial charge in [0.1, 0.15) is 11.6 Å². The molecule has 0 radical (unpaired) electrons. The monoisotopic (exact) mass is 2090 g/mol. The number of rotatable bonds is 23. The first kappa shape index (κ1) is 105. The summed E-state index contributed by atoms with van der Waals surface area (Å²) in [5, 5.41) is 45.9. The number of aryl methyl sites for hydroxylation is 2. The van der Waals surface area contributed by atoms with Gasteiger partial charge in [0.25, 0.3) is 0 Å². The highest BCUT2D eigenvalue weighted by Gasteiger charge is 2.33. The molecule has 5 aliphatic rings. The number of methoxy groups -OCH3 is 1. The summed E-state index contributed by atoms with van der Waals surface area (Å²) in [4.78, 5) is 34.2. The molecule has 8 N–H and O–H groups in total. The first-order chi connectivity index (χ1) is 71.0. The molecule has 14 heterocycles. The third kappa shape index (κ3) is 26.4. The first-order valence-corrected chi connectivity index (χ1v) is 58.3. The van der Waals surface area contributed by atoms with Crippen molar-refractivity contribution in [3.05, 3.63) is 267 Å². The Kier molecular flexibility index (Phi) is 32.9. The smallest absolute Gasteiger partial charge is 0.213 e. The topological polar surface area (TPSA) is 438 Å². The second-order valence-electron chi connectivity index (χ2n) is 38.2. The maximum absolute atomic E-state index is 14.0. The van der Waals surface area contributed by atoms with E-state index in [1.165, 1.54) is 35.4 Å². The van der Waals surface area contributed by atoms with Crippen LogP contribution in [-0.4, -0.2) is 247 Å². The van der Waals surface area contributed by atoms with Gasteiger partial charge in [0.15, 0.2) is 0 Å². The number of sulfonamides is 5. The number of nitrogens with one attached hydrogen (secondary N) is 6. The van der Waals surface area contributed by atoms with E-state index in [-0.39, 0.29) is 48.2 Å². The molecule has 5 saturated heterocycles. The van der Waals surface area contributed by atoms with Gasteiger partial charge < -0.3 is 37.1 Å². The van der Waals surface area contributed by atoms with Crippen LogP contribution in [0.15, 0.2) is 244 Å². The number of fused-ring (bicyclic) bond motifs is 6. The van der Waals surface area contributed by atoms with Crippen molar-refractivity contribution >= 4 is 149 Å². The average molecular weight is 2090 g/mol. The van der Waals surface area contributed by atoms with Crippen LogP contribution in [0.25, 0.3) is 120 Å². The van der Waals surface area contributed by atoms with Crippen LogP contribution < -0.4 is 37.1 Å². The van der Waals surface area contributed by atoms with Crippen LogP contribution >= 0.6 is 0 Å². The highest BCUT2D eigenvalue weighted by Crippen LogP contribution is 2.41. The molecule has 39 heteroatoms. The number of H-pyrrole nitrogens is 1. The Bertz CT molecular complexity index is 8180. The third-order valence-corrected chi connectivity index (χ3v) is 34.8. The van der Waals surface area contributed by atoms with Crippen molar-refractivity contribution in [2.45, 2.75) is 122 Å². The number of piperidine rings is 5. The largest absolute Gasteiger partial charge is 0.481 e. The number of anilines is 6. The number of hydrogen-bond acceptors (Lipinski definition) is 27. The lowest BCUT2D eigenvalue weighted by atomic mass is 9.97. The molecule has 33 nitrogen and oxygen atoms in total. The molecule has 0 aliphatic carbocycles. The van der Waals surface area contributed by atoms with Crippen LogP contribution in [0.2, 0.25) is 0 Å². The lowest BCUT2D eigenvalue weighted by molar-refractivity contribution is 0.330. The molecule has 16 aromatic rings. The summed E-state index contributed by atoms with van der Waals surface area (Å²) in [5.74, 6) is 0.820. The van der Waals surface area contributed by atoms with Gasteiger partial charge in [0.05, 0.1) is 62.1 Å². The zero-order chi connectivity index (χ0) is 104. The highest BCUT2D eigenvalue weighted by atomic mass is 32.2. The van der Waals surface area contributed by atoms with Crippen molar-refractivity contribution in [2.24, 2.45) is 0 Å². The minimum absolute atomic E-state index is 0.0151. The summed E-state index contributed by atoms with van der Waals surface area (Å²) in [6.07, 6.45) is 36.2. The molecule has 5 aliphatic heterocycles. The number of aromatic nitrogens is 10. The lowest BCUT2D eigenvalue weighted by Gasteiger charge is -2.32. The second-order valence-corrected chi connectivity index (χ2v) is 48.3. The van der Waals surface area contributed by atoms with Gasteiger partial charge in [-0.2, -0.15) is 10.4 Å². The van der Waals surface area contributed by atoms with E-state index >= 15 is 0 Å². The summed E-state index contributed by atoms with van der Waals surface area (Å²) in [6.45, 7) is 11.0. The molecule has 5 fully saturated rings. The maximum Gasteiger partial charge on any atom is 0.213 e. The fourth-order valence-corrected chi connectivity index (χ4v) is 24.4. The van der Waals surface area contributed by atoms with Crippen LogP contribution in [0.1, 0.15) is 88.1 Å². The summed E-state index contributed by atoms with van der Waals surface area (Å²) >= 11 is 0. The molecule has 0 bridgehead atoms. The van der Waals surface area contributed by atoms with Crippen molar-refractivity contribution in [2.75, 3.05) is 136 Å². The van der Waals surface area contributed by atoms with Crippen LogP contribution in [0.4, 0.5) is 38.6 Å². The molecule has 148 heavy (non-hydrogen) atoms. The van der Waals surface area contributed by atoms with Gasteiger partial charge in [0.2, 0.25) is 56.0 Å². The zero-order valence-corrected chi connectivity index (χ0v) is 87.8. The fraction of sp³-hybridized carbons (Fsp3) is 0.321. The molecular formula is C109H121FN22O11S5. The Labute approximate surface area is 863 Å². The number of nitriles is 1. The van der Waals surface area contributed by atoms with Crippen LogP contribution in [0.5, 0.6) is 5.88 Å². The summed E-state index contributed by atoms with van der Waals surface area (Å²) in [5.41, 5.74) is 24.6. The molecule has 0 atom stereocenters. The number of pyridine rings is 8. The summed E-state index contributed by atoms with van der Waals surface area (Å²) < 4.78 is 145. The Hall–Kier alpha value is -13.9. The molecule has 21 rings (SSSR count). The number of nitrogens with two attached hydrogens (primary N) is 1. The van der Waals surface area contributed by atoms with Gasteiger partial charge in [-0.05, 0) is 313 Å². The van der Waals surface area contributed by atoms with Gasteiger partial charge in [-0.3, -0.25) is 35.0 Å². The van der Waals surface area contributed by atoms with E-state index in [9.17, 15) is 46.5 Å². The van der Waals surface area contributed by atoms with Crippen LogP contribution in [0, 0.1) is 31.0 Å². The maximum atomic E-state index is 14.0. The molecule has 9 aromatic heterocycles. The number of aromatic amines is 1. The van der Waals surface area contributed by atoms with Crippen LogP contribution in [-0.2, 0) is 56.5 Å². The van der Waals surface area contributed by atoms with Crippen LogP contribution in [0.3, 0.4) is 0 Å². The lowest BCUT2D eigenvalue weighted by Crippen LogP contribution is -2.42. The minimum Gasteiger partial charge on any atom is -0.481 e. The van der Waals surface area contributed by atoms with E-state index in [0.717, 1.165) is 212 Å². The fourth-order valence-electron chi connectivity index (χ4n) is 19.7. The first-order valence-electron chi connectivity index (χ1n) is 49.3. The molecule has 0 saturated carbocycles. The van der Waals surface area contributed by atoms with Gasteiger partial charge in [-0.15, -0.1) is 0 Å². The predicted molar refractivity (Wildman–Crippen MR) is 589 cm³/mol. The average Bonchev–Trinajstić information content (AvgIpc) is 0.850. The van der Waals surface area contributed by atoms with Gasteiger partial charge in [-0.1, -0.05) is 12.1 Å². The van der Waals surface area contributed by atoms with Gasteiger partial charge in [-0.25, -0.2) is 78.0 Å². The molecule has 0 spiro atoms. The predicted octanol–water partition coefficient (Wildman–Crippen LogP) is 17.6. The SMILES string of the molecule is CCS(=O)(=O)N1CCC(Nc2cc(-c3ccnc(N)c3)cc3ccncc23)CC1.COc1cc(-c2cc(NC3CCN(S(C)(=O)=O)CC3)c3cnccc3c2)ccn1.CS(=O)(=O)N1CCC(Nc2cc(-c3ccc(F)c(CC#N)c3)cc3ccncc23)CC1.CS(=O)(=O)N1CCC(Nc2cc(-c3ccc4[nH]ncc4c3)cc3ccncc23)CC1.Cc1cc(-c2cc(NC3CCN(S(C)(=O)=O)CC3)c3cnccc3c2)cc(C)n1. The quantitative estimate of drug-likeness (QED) is 0.0313. The molecule has 0 amide bonds. The zero-order valence-electron chi connectivity index (χ0n) is 83.7.